The number of rotatable bonds is 15. The van der Waals surface area contributed by atoms with Gasteiger partial charge in [0.2, 0.25) is 11.8 Å². The van der Waals surface area contributed by atoms with Crippen LogP contribution < -0.4 is 15.4 Å². The lowest BCUT2D eigenvalue weighted by molar-refractivity contribution is -0.128. The normalized spacial score (nSPS) is 17.0. The van der Waals surface area contributed by atoms with Crippen molar-refractivity contribution in [1.29, 1.82) is 0 Å². The van der Waals surface area contributed by atoms with Crippen LogP contribution >= 0.6 is 23.5 Å². The zero-order valence-electron chi connectivity index (χ0n) is 22.9. The standard InChI is InChI=1S/C30H38ClN3O5S/c1-20(2)11-12-24(29(37)33-26(18-35)17-23-13-14-32-28(23)36)19-40-34-30(38)39-27(22-8-4-3-5-9-22)16-21-7-6-10-25(31)15-21/h3-10,15,18,20,23-24,26-27H,11-14,16-17,19H2,1-2H3,(H,32,36)(H,33,37)(H,34,38)/t23-,24?,26-,27?/m0/s1. The van der Waals surface area contributed by atoms with Crippen molar-refractivity contribution in [3.8, 4) is 0 Å². The second-order valence-electron chi connectivity index (χ2n) is 10.5. The van der Waals surface area contributed by atoms with Crippen LogP contribution in [0.25, 0.3) is 0 Å². The number of benzene rings is 2. The van der Waals surface area contributed by atoms with Gasteiger partial charge in [-0.1, -0.05) is 74.3 Å². The lowest BCUT2D eigenvalue weighted by Crippen LogP contribution is -2.42. The van der Waals surface area contributed by atoms with Crippen LogP contribution in [0.4, 0.5) is 4.79 Å². The average molecular weight is 588 g/mol. The fourth-order valence-electron chi connectivity index (χ4n) is 4.58. The molecule has 3 N–H and O–H groups in total. The molecule has 3 amide bonds. The Hall–Kier alpha value is -3.04. The summed E-state index contributed by atoms with van der Waals surface area (Å²) in [5.74, 6) is -0.348. The Bertz CT molecular complexity index is 1130. The van der Waals surface area contributed by atoms with Crippen molar-refractivity contribution < 1.29 is 23.9 Å². The third-order valence-corrected chi connectivity index (χ3v) is 7.94. The monoisotopic (exact) mass is 587 g/mol. The molecular weight excluding hydrogens is 550 g/mol. The quantitative estimate of drug-likeness (QED) is 0.193. The Labute approximate surface area is 245 Å². The molecule has 216 valence electrons. The minimum absolute atomic E-state index is 0.0834. The number of halogens is 1. The number of amides is 3. The lowest BCUT2D eigenvalue weighted by atomic mass is 9.96. The van der Waals surface area contributed by atoms with Crippen LogP contribution in [-0.4, -0.2) is 42.5 Å². The van der Waals surface area contributed by atoms with Gasteiger partial charge in [0.05, 0.1) is 6.04 Å². The SMILES string of the molecule is CC(C)CCC(CSNC(=O)OC(Cc1cccc(Cl)c1)c1ccccc1)C(=O)N[C@H](C=O)C[C@@H]1CCNC1=O. The van der Waals surface area contributed by atoms with Gasteiger partial charge in [0.1, 0.15) is 12.4 Å². The minimum Gasteiger partial charge on any atom is -0.440 e. The van der Waals surface area contributed by atoms with Crippen LogP contribution in [0, 0.1) is 17.8 Å². The molecule has 2 aromatic rings. The molecule has 10 heteroatoms. The highest BCUT2D eigenvalue weighted by atomic mass is 35.5. The zero-order valence-corrected chi connectivity index (χ0v) is 24.5. The molecule has 0 aliphatic carbocycles. The molecule has 0 bridgehead atoms. The number of ether oxygens (including phenoxy) is 1. The molecular formula is C30H38ClN3O5S. The number of nitrogens with one attached hydrogen (secondary N) is 3. The molecule has 1 saturated heterocycles. The predicted octanol–water partition coefficient (Wildman–Crippen LogP) is 5.26. The van der Waals surface area contributed by atoms with Gasteiger partial charge in [-0.25, -0.2) is 4.79 Å². The highest BCUT2D eigenvalue weighted by Crippen LogP contribution is 2.25. The molecule has 0 aromatic heterocycles. The van der Waals surface area contributed by atoms with Crippen molar-refractivity contribution in [3.63, 3.8) is 0 Å². The molecule has 40 heavy (non-hydrogen) atoms. The molecule has 2 unspecified atom stereocenters. The third kappa shape index (κ3) is 10.5. The number of hydrogen-bond acceptors (Lipinski definition) is 6. The van der Waals surface area contributed by atoms with E-state index < -0.39 is 24.2 Å². The summed E-state index contributed by atoms with van der Waals surface area (Å²) in [6.45, 7) is 4.74. The molecule has 1 aliphatic heterocycles. The van der Waals surface area contributed by atoms with Gasteiger partial charge in [-0.05, 0) is 60.4 Å². The third-order valence-electron chi connectivity index (χ3n) is 6.83. The fourth-order valence-corrected chi connectivity index (χ4v) is 5.56. The highest BCUT2D eigenvalue weighted by molar-refractivity contribution is 7.97. The maximum atomic E-state index is 13.1. The van der Waals surface area contributed by atoms with Crippen molar-refractivity contribution in [1.82, 2.24) is 15.4 Å². The van der Waals surface area contributed by atoms with Crippen LogP contribution in [0.3, 0.4) is 0 Å². The van der Waals surface area contributed by atoms with Crippen LogP contribution in [0.15, 0.2) is 54.6 Å². The smallest absolute Gasteiger partial charge is 0.417 e. The molecule has 8 nitrogen and oxygen atoms in total. The van der Waals surface area contributed by atoms with E-state index in [9.17, 15) is 19.2 Å². The first kappa shape index (κ1) is 31.5. The van der Waals surface area contributed by atoms with E-state index in [1.54, 1.807) is 6.07 Å². The summed E-state index contributed by atoms with van der Waals surface area (Å²) in [5.41, 5.74) is 1.79. The molecule has 3 rings (SSSR count). The maximum Gasteiger partial charge on any atom is 0.417 e. The van der Waals surface area contributed by atoms with E-state index in [-0.39, 0.29) is 24.2 Å². The Balaban J connectivity index is 1.57. The van der Waals surface area contributed by atoms with Gasteiger partial charge >= 0.3 is 6.09 Å². The molecule has 0 spiro atoms. The Morgan fingerprint density at radius 2 is 1.93 bits per heavy atom. The van der Waals surface area contributed by atoms with Gasteiger partial charge in [-0.3, -0.25) is 14.3 Å². The number of hydrogen-bond donors (Lipinski definition) is 3. The van der Waals surface area contributed by atoms with Crippen molar-refractivity contribution in [2.24, 2.45) is 17.8 Å². The summed E-state index contributed by atoms with van der Waals surface area (Å²) in [6, 6.07) is 16.2. The Morgan fingerprint density at radius 3 is 2.58 bits per heavy atom. The molecule has 1 aliphatic rings. The van der Waals surface area contributed by atoms with E-state index in [4.69, 9.17) is 16.3 Å². The largest absolute Gasteiger partial charge is 0.440 e. The van der Waals surface area contributed by atoms with Gasteiger partial charge in [-0.2, -0.15) is 0 Å². The van der Waals surface area contributed by atoms with E-state index in [0.717, 1.165) is 29.5 Å². The van der Waals surface area contributed by atoms with Crippen LogP contribution in [0.1, 0.15) is 56.8 Å². The molecule has 0 radical (unpaired) electrons. The first-order valence-corrected chi connectivity index (χ1v) is 15.0. The molecule has 2 aromatic carbocycles. The fraction of sp³-hybridized carbons (Fsp3) is 0.467. The van der Waals surface area contributed by atoms with Crippen molar-refractivity contribution in [2.45, 2.75) is 58.1 Å². The van der Waals surface area contributed by atoms with E-state index in [1.165, 1.54) is 0 Å². The Morgan fingerprint density at radius 1 is 1.15 bits per heavy atom. The lowest BCUT2D eigenvalue weighted by Gasteiger charge is -2.22. The van der Waals surface area contributed by atoms with E-state index in [0.29, 0.717) is 48.8 Å². The average Bonchev–Trinajstić information content (AvgIpc) is 3.34. The van der Waals surface area contributed by atoms with E-state index in [1.807, 2.05) is 48.5 Å². The van der Waals surface area contributed by atoms with Crippen molar-refractivity contribution in [3.05, 3.63) is 70.7 Å². The first-order chi connectivity index (χ1) is 19.2. The van der Waals surface area contributed by atoms with Gasteiger partial charge < -0.3 is 20.2 Å². The first-order valence-electron chi connectivity index (χ1n) is 13.7. The topological polar surface area (TPSA) is 114 Å². The number of carbonyl (C=O) groups is 4. The summed E-state index contributed by atoms with van der Waals surface area (Å²) < 4.78 is 8.50. The van der Waals surface area contributed by atoms with Gasteiger partial charge in [0, 0.05) is 35.6 Å². The van der Waals surface area contributed by atoms with Crippen molar-refractivity contribution in [2.75, 3.05) is 12.3 Å². The van der Waals surface area contributed by atoms with Crippen LogP contribution in [0.2, 0.25) is 5.02 Å². The zero-order chi connectivity index (χ0) is 28.9. The highest BCUT2D eigenvalue weighted by Gasteiger charge is 2.29. The van der Waals surface area contributed by atoms with Gasteiger partial charge in [-0.15, -0.1) is 0 Å². The summed E-state index contributed by atoms with van der Waals surface area (Å²) in [6.07, 6.45) is 2.36. The van der Waals surface area contributed by atoms with Gasteiger partial charge in [0.25, 0.3) is 0 Å². The molecule has 4 atom stereocenters. The molecule has 1 heterocycles. The number of aldehydes is 1. The summed E-state index contributed by atoms with van der Waals surface area (Å²) in [4.78, 5) is 49.5. The number of carbonyl (C=O) groups excluding carboxylic acids is 4. The molecule has 1 fully saturated rings. The van der Waals surface area contributed by atoms with E-state index in [2.05, 4.69) is 29.2 Å². The van der Waals surface area contributed by atoms with E-state index >= 15 is 0 Å². The van der Waals surface area contributed by atoms with Crippen LogP contribution in [0.5, 0.6) is 0 Å². The second-order valence-corrected chi connectivity index (χ2v) is 11.7. The maximum absolute atomic E-state index is 13.1. The Kier molecular flexibility index (Phi) is 12.8. The summed E-state index contributed by atoms with van der Waals surface area (Å²) in [7, 11) is 0. The summed E-state index contributed by atoms with van der Waals surface area (Å²) in [5, 5.41) is 6.17. The molecule has 0 saturated carbocycles. The van der Waals surface area contributed by atoms with Gasteiger partial charge in [0.15, 0.2) is 0 Å². The minimum atomic E-state index is -0.732. The second kappa shape index (κ2) is 16.3. The predicted molar refractivity (Wildman–Crippen MR) is 158 cm³/mol. The summed E-state index contributed by atoms with van der Waals surface area (Å²) >= 11 is 7.25. The van der Waals surface area contributed by atoms with Crippen molar-refractivity contribution >= 4 is 47.7 Å². The van der Waals surface area contributed by atoms with Crippen LogP contribution in [-0.2, 0) is 25.5 Å².